The first kappa shape index (κ1) is 24.9. The van der Waals surface area contributed by atoms with Gasteiger partial charge in [0.1, 0.15) is 31.1 Å². The minimum atomic E-state index is -4.96. The molecule has 1 saturated heterocycles. The largest absolute Gasteiger partial charge is 0.447 e. The normalized spacial score (nSPS) is 23.4. The molecule has 0 bridgehead atoms. The Morgan fingerprint density at radius 3 is 2.67 bits per heavy atom. The molecule has 182 valence electrons. The fourth-order valence-corrected chi connectivity index (χ4v) is 4.24. The quantitative estimate of drug-likeness (QED) is 0.610. The number of terminal acetylenes is 1. The lowest BCUT2D eigenvalue weighted by molar-refractivity contribution is -0.139. The number of H-pyrrole nitrogens is 1. The summed E-state index contributed by atoms with van der Waals surface area (Å²) in [6, 6.07) is 0.105. The summed E-state index contributed by atoms with van der Waals surface area (Å²) >= 11 is 0. The molecule has 9 nitrogen and oxygen atoms in total. The maximum absolute atomic E-state index is 13.1. The van der Waals surface area contributed by atoms with E-state index >= 15 is 0 Å². The highest BCUT2D eigenvalue weighted by Crippen LogP contribution is 2.32. The zero-order valence-electron chi connectivity index (χ0n) is 18.1. The number of hydrogen-bond acceptors (Lipinski definition) is 6. The lowest BCUT2D eigenvalue weighted by Crippen LogP contribution is -2.41. The van der Waals surface area contributed by atoms with E-state index < -0.39 is 47.5 Å². The third-order valence-corrected chi connectivity index (χ3v) is 5.86. The first-order chi connectivity index (χ1) is 15.7. The minimum absolute atomic E-state index is 0.0345. The number of halogens is 3. The van der Waals surface area contributed by atoms with Crippen molar-refractivity contribution < 1.29 is 32.2 Å². The van der Waals surface area contributed by atoms with Crippen molar-refractivity contribution in [2.45, 2.75) is 69.7 Å². The van der Waals surface area contributed by atoms with Crippen LogP contribution < -0.4 is 11.2 Å². The zero-order valence-corrected chi connectivity index (χ0v) is 18.1. The average molecular weight is 473 g/mol. The number of alkyl halides is 3. The lowest BCUT2D eigenvalue weighted by atomic mass is 10.2. The lowest BCUT2D eigenvalue weighted by Gasteiger charge is -2.27. The van der Waals surface area contributed by atoms with Crippen molar-refractivity contribution in [3.05, 3.63) is 32.6 Å². The number of nitrogens with zero attached hydrogens (tertiary/aromatic N) is 2. The molecule has 2 aliphatic rings. The average Bonchev–Trinajstić information content (AvgIpc) is 3.40. The number of rotatable bonds is 7. The smallest absolute Gasteiger partial charge is 0.423 e. The van der Waals surface area contributed by atoms with Crippen LogP contribution in [0.4, 0.5) is 18.0 Å². The van der Waals surface area contributed by atoms with Gasteiger partial charge in [0.15, 0.2) is 0 Å². The Morgan fingerprint density at radius 2 is 2.06 bits per heavy atom. The third-order valence-electron chi connectivity index (χ3n) is 5.86. The highest BCUT2D eigenvalue weighted by Gasteiger charge is 2.41. The van der Waals surface area contributed by atoms with Gasteiger partial charge in [-0.05, 0) is 19.8 Å². The number of carbonyl (C=O) groups excluding carboxylic acids is 1. The number of amides is 1. The van der Waals surface area contributed by atoms with Gasteiger partial charge >= 0.3 is 18.0 Å². The molecule has 33 heavy (non-hydrogen) atoms. The molecule has 1 amide bonds. The summed E-state index contributed by atoms with van der Waals surface area (Å²) < 4.78 is 56.7. The second-order valence-electron chi connectivity index (χ2n) is 7.93. The van der Waals surface area contributed by atoms with E-state index in [4.69, 9.17) is 20.6 Å². The summed E-state index contributed by atoms with van der Waals surface area (Å²) in [4.78, 5) is 39.6. The molecule has 0 radical (unpaired) electrons. The van der Waals surface area contributed by atoms with Gasteiger partial charge in [0.2, 0.25) is 0 Å². The van der Waals surface area contributed by atoms with Crippen LogP contribution in [0.5, 0.6) is 0 Å². The van der Waals surface area contributed by atoms with Crippen molar-refractivity contribution >= 4 is 6.09 Å². The highest BCUT2D eigenvalue weighted by molar-refractivity contribution is 5.68. The maximum Gasteiger partial charge on any atom is 0.423 e. The van der Waals surface area contributed by atoms with Gasteiger partial charge in [-0.1, -0.05) is 18.8 Å². The van der Waals surface area contributed by atoms with E-state index in [9.17, 15) is 27.6 Å². The Bertz CT molecular complexity index is 993. The van der Waals surface area contributed by atoms with Crippen LogP contribution in [0.15, 0.2) is 15.8 Å². The molecule has 2 heterocycles. The number of aromatic nitrogens is 2. The van der Waals surface area contributed by atoms with E-state index in [1.165, 1.54) is 0 Å². The number of aromatic amines is 1. The number of ether oxygens (including phenoxy) is 3. The summed E-state index contributed by atoms with van der Waals surface area (Å²) in [7, 11) is 0. The third kappa shape index (κ3) is 5.78. The molecule has 1 aliphatic carbocycles. The maximum atomic E-state index is 13.1. The van der Waals surface area contributed by atoms with Crippen LogP contribution in [0.2, 0.25) is 0 Å². The molecule has 3 rings (SSSR count). The Labute approximate surface area is 187 Å². The zero-order chi connectivity index (χ0) is 24.2. The van der Waals surface area contributed by atoms with Crippen LogP contribution in [-0.2, 0) is 20.4 Å². The van der Waals surface area contributed by atoms with Crippen LogP contribution in [-0.4, -0.2) is 58.6 Å². The van der Waals surface area contributed by atoms with Gasteiger partial charge in [0.25, 0.3) is 5.56 Å². The van der Waals surface area contributed by atoms with Gasteiger partial charge in [0, 0.05) is 25.2 Å². The van der Waals surface area contributed by atoms with Gasteiger partial charge in [-0.25, -0.2) is 9.59 Å². The topological polar surface area (TPSA) is 103 Å². The van der Waals surface area contributed by atoms with E-state index in [1.54, 1.807) is 9.88 Å². The molecule has 0 aromatic carbocycles. The first-order valence-electron chi connectivity index (χ1n) is 10.7. The molecule has 1 aromatic rings. The van der Waals surface area contributed by atoms with E-state index in [-0.39, 0.29) is 25.7 Å². The Morgan fingerprint density at radius 1 is 1.36 bits per heavy atom. The van der Waals surface area contributed by atoms with Crippen molar-refractivity contribution in [1.82, 2.24) is 14.5 Å². The molecule has 1 N–H and O–H groups in total. The van der Waals surface area contributed by atoms with Crippen LogP contribution in [0.25, 0.3) is 0 Å². The van der Waals surface area contributed by atoms with Gasteiger partial charge < -0.3 is 19.1 Å². The van der Waals surface area contributed by atoms with Gasteiger partial charge in [-0.15, -0.1) is 6.42 Å². The van der Waals surface area contributed by atoms with E-state index in [0.717, 1.165) is 25.7 Å². The number of carbonyl (C=O) groups is 1. The molecule has 1 saturated carbocycles. The summed E-state index contributed by atoms with van der Waals surface area (Å²) in [6.45, 7) is 1.98. The molecule has 1 aliphatic heterocycles. The van der Waals surface area contributed by atoms with Crippen molar-refractivity contribution in [3.63, 3.8) is 0 Å². The SMILES string of the molecule is C#CCO[C@H]1C[C@H](n2cc(C(F)(F)F)c(=O)[nH]c2=O)O[C@@H]1COC(=O)N(CC)C1CCCC1. The van der Waals surface area contributed by atoms with Crippen molar-refractivity contribution in [1.29, 1.82) is 0 Å². The molecular formula is C21H26F3N3O6. The second-order valence-corrected chi connectivity index (χ2v) is 7.93. The van der Waals surface area contributed by atoms with Crippen molar-refractivity contribution in [2.75, 3.05) is 19.8 Å². The van der Waals surface area contributed by atoms with Gasteiger partial charge in [-0.3, -0.25) is 14.3 Å². The fraction of sp³-hybridized carbons (Fsp3) is 0.667. The predicted octanol–water partition coefficient (Wildman–Crippen LogP) is 2.26. The summed E-state index contributed by atoms with van der Waals surface area (Å²) in [5.41, 5.74) is -4.14. The first-order valence-corrected chi connectivity index (χ1v) is 10.7. The van der Waals surface area contributed by atoms with Gasteiger partial charge in [-0.2, -0.15) is 13.2 Å². The minimum Gasteiger partial charge on any atom is -0.447 e. The van der Waals surface area contributed by atoms with Crippen LogP contribution in [0, 0.1) is 12.3 Å². The Kier molecular flexibility index (Phi) is 7.86. The van der Waals surface area contributed by atoms with Crippen molar-refractivity contribution in [2.24, 2.45) is 0 Å². The summed E-state index contributed by atoms with van der Waals surface area (Å²) in [5.74, 6) is 2.29. The summed E-state index contributed by atoms with van der Waals surface area (Å²) in [5, 5.41) is 0. The molecule has 12 heteroatoms. The van der Waals surface area contributed by atoms with Crippen molar-refractivity contribution in [3.8, 4) is 12.3 Å². The number of hydrogen-bond donors (Lipinski definition) is 1. The second kappa shape index (κ2) is 10.4. The molecular weight excluding hydrogens is 447 g/mol. The Hall–Kier alpha value is -2.78. The monoisotopic (exact) mass is 473 g/mol. The molecule has 0 spiro atoms. The standard InChI is InChI=1S/C21H26F3N3O6/c1-3-9-31-15-10-17(27-11-14(21(22,23)24)18(28)25-19(27)29)33-16(15)12-32-20(30)26(4-2)13-7-5-6-8-13/h1,11,13,15-17H,4-10,12H2,2H3,(H,25,28,29)/t15-,16+,17+/m0/s1. The van der Waals surface area contributed by atoms with E-state index in [2.05, 4.69) is 5.92 Å². The molecule has 1 aromatic heterocycles. The molecule has 3 atom stereocenters. The predicted molar refractivity (Wildman–Crippen MR) is 109 cm³/mol. The van der Waals surface area contributed by atoms with Crippen LogP contribution in [0.3, 0.4) is 0 Å². The summed E-state index contributed by atoms with van der Waals surface area (Å²) in [6.07, 6.45) is 1.21. The molecule has 0 unspecified atom stereocenters. The Balaban J connectivity index is 1.75. The van der Waals surface area contributed by atoms with Gasteiger partial charge in [0.05, 0.1) is 6.10 Å². The van der Waals surface area contributed by atoms with E-state index in [0.29, 0.717) is 17.3 Å². The fourth-order valence-electron chi connectivity index (χ4n) is 4.24. The van der Waals surface area contributed by atoms with Crippen LogP contribution >= 0.6 is 0 Å². The number of nitrogens with one attached hydrogen (secondary N) is 1. The van der Waals surface area contributed by atoms with Crippen LogP contribution in [0.1, 0.15) is 50.8 Å². The van der Waals surface area contributed by atoms with E-state index in [1.807, 2.05) is 6.92 Å². The molecule has 2 fully saturated rings. The highest BCUT2D eigenvalue weighted by atomic mass is 19.4.